The van der Waals surface area contributed by atoms with E-state index in [0.29, 0.717) is 39.1 Å². The number of hydrogen-bond acceptors (Lipinski definition) is 9. The average Bonchev–Trinajstić information content (AvgIpc) is 3.22. The highest BCUT2D eigenvalue weighted by Crippen LogP contribution is 2.30. The molecule has 0 radical (unpaired) electrons. The van der Waals surface area contributed by atoms with Gasteiger partial charge in [0.15, 0.2) is 4.34 Å². The Morgan fingerprint density at radius 3 is 2.50 bits per heavy atom. The molecule has 0 spiro atoms. The van der Waals surface area contributed by atoms with E-state index in [1.807, 2.05) is 6.92 Å². The van der Waals surface area contributed by atoms with Gasteiger partial charge in [-0.25, -0.2) is 0 Å². The van der Waals surface area contributed by atoms with E-state index in [9.17, 15) is 13.2 Å². The van der Waals surface area contributed by atoms with Gasteiger partial charge >= 0.3 is 6.36 Å². The fourth-order valence-electron chi connectivity index (χ4n) is 1.80. The summed E-state index contributed by atoms with van der Waals surface area (Å²) in [4.78, 5) is 0. The van der Waals surface area contributed by atoms with Gasteiger partial charge in [-0.05, 0) is 24.3 Å². The van der Waals surface area contributed by atoms with E-state index < -0.39 is 6.36 Å². The first-order valence-electron chi connectivity index (χ1n) is 7.31. The van der Waals surface area contributed by atoms with Crippen LogP contribution in [-0.4, -0.2) is 26.8 Å². The number of halogens is 3. The summed E-state index contributed by atoms with van der Waals surface area (Å²) < 4.78 is 46.3. The molecule has 1 N–H and O–H groups in total. The summed E-state index contributed by atoms with van der Waals surface area (Å²) in [5, 5.41) is 19.3. The molecule has 0 bridgehead atoms. The maximum absolute atomic E-state index is 12.1. The molecule has 2 aromatic heterocycles. The molecule has 0 atom stereocenters. The average molecular weight is 403 g/mol. The van der Waals surface area contributed by atoms with Crippen molar-refractivity contribution in [3.8, 4) is 5.75 Å². The van der Waals surface area contributed by atoms with Gasteiger partial charge in [0, 0.05) is 12.1 Å². The van der Waals surface area contributed by atoms with Crippen LogP contribution in [0.5, 0.6) is 5.75 Å². The Morgan fingerprint density at radius 1 is 1.12 bits per heavy atom. The number of alkyl halides is 3. The van der Waals surface area contributed by atoms with Gasteiger partial charge in [0.2, 0.25) is 16.9 Å². The second-order valence-electron chi connectivity index (χ2n) is 4.80. The standard InChI is InChI=1S/C14H12F3N5O2S2/c1-2-10-19-20-11(23-10)7-25-13-22-21-12(26-13)18-8-3-5-9(6-4-8)24-14(15,16)17/h3-6H,2,7H2,1H3,(H,18,21). The van der Waals surface area contributed by atoms with Crippen LogP contribution >= 0.6 is 23.1 Å². The minimum atomic E-state index is -4.71. The smallest absolute Gasteiger partial charge is 0.424 e. The SMILES string of the molecule is CCc1nnc(CSc2nnc(Nc3ccc(OC(F)(F)F)cc3)s2)o1. The number of hydrogen-bond donors (Lipinski definition) is 1. The summed E-state index contributed by atoms with van der Waals surface area (Å²) in [7, 11) is 0. The molecule has 138 valence electrons. The van der Waals surface area contributed by atoms with Crippen LogP contribution in [-0.2, 0) is 12.2 Å². The summed E-state index contributed by atoms with van der Waals surface area (Å²) in [5.41, 5.74) is 0.566. The summed E-state index contributed by atoms with van der Waals surface area (Å²) in [6.45, 7) is 1.93. The third kappa shape index (κ3) is 5.33. The van der Waals surface area contributed by atoms with Crippen LogP contribution in [0, 0.1) is 0 Å². The lowest BCUT2D eigenvalue weighted by Gasteiger charge is -2.09. The monoisotopic (exact) mass is 403 g/mol. The van der Waals surface area contributed by atoms with Crippen molar-refractivity contribution in [2.75, 3.05) is 5.32 Å². The van der Waals surface area contributed by atoms with Crippen molar-refractivity contribution in [1.82, 2.24) is 20.4 Å². The van der Waals surface area contributed by atoms with Crippen LogP contribution in [0.1, 0.15) is 18.7 Å². The zero-order chi connectivity index (χ0) is 18.6. The molecule has 1 aromatic carbocycles. The van der Waals surface area contributed by atoms with E-state index in [1.54, 1.807) is 0 Å². The molecule has 12 heteroatoms. The van der Waals surface area contributed by atoms with Gasteiger partial charge in [-0.2, -0.15) is 0 Å². The van der Waals surface area contributed by atoms with Crippen LogP contribution in [0.4, 0.5) is 24.0 Å². The molecular weight excluding hydrogens is 391 g/mol. The summed E-state index contributed by atoms with van der Waals surface area (Å²) in [6.07, 6.45) is -4.03. The van der Waals surface area contributed by atoms with Crippen molar-refractivity contribution in [1.29, 1.82) is 0 Å². The maximum Gasteiger partial charge on any atom is 0.573 e. The van der Waals surface area contributed by atoms with Crippen molar-refractivity contribution in [2.24, 2.45) is 0 Å². The van der Waals surface area contributed by atoms with Crippen LogP contribution in [0.2, 0.25) is 0 Å². The Hall–Kier alpha value is -2.34. The quantitative estimate of drug-likeness (QED) is 0.581. The summed E-state index contributed by atoms with van der Waals surface area (Å²) in [5.74, 6) is 1.28. The number of thioether (sulfide) groups is 1. The Balaban J connectivity index is 1.54. The minimum absolute atomic E-state index is 0.289. The van der Waals surface area contributed by atoms with E-state index >= 15 is 0 Å². The van der Waals surface area contributed by atoms with Crippen molar-refractivity contribution < 1.29 is 22.3 Å². The maximum atomic E-state index is 12.1. The molecule has 0 aliphatic heterocycles. The van der Waals surface area contributed by atoms with Crippen molar-refractivity contribution in [3.63, 3.8) is 0 Å². The lowest BCUT2D eigenvalue weighted by atomic mass is 10.3. The van der Waals surface area contributed by atoms with E-state index in [2.05, 4.69) is 30.4 Å². The van der Waals surface area contributed by atoms with E-state index in [1.165, 1.54) is 47.4 Å². The highest BCUT2D eigenvalue weighted by Gasteiger charge is 2.30. The molecule has 2 heterocycles. The second kappa shape index (κ2) is 7.91. The molecular formula is C14H12F3N5O2S2. The van der Waals surface area contributed by atoms with Gasteiger partial charge in [0.25, 0.3) is 0 Å². The third-order valence-electron chi connectivity index (χ3n) is 2.88. The predicted octanol–water partition coefficient (Wildman–Crippen LogP) is 4.42. The molecule has 0 saturated carbocycles. The first-order chi connectivity index (χ1) is 12.4. The Labute approximate surface area is 154 Å². The Kier molecular flexibility index (Phi) is 5.61. The number of benzene rings is 1. The molecule has 26 heavy (non-hydrogen) atoms. The minimum Gasteiger partial charge on any atom is -0.424 e. The molecule has 0 unspecified atom stereocenters. The zero-order valence-corrected chi connectivity index (χ0v) is 14.9. The normalized spacial score (nSPS) is 11.5. The fourth-order valence-corrected chi connectivity index (χ4v) is 3.40. The third-order valence-corrected chi connectivity index (χ3v) is 4.83. The molecule has 0 aliphatic carbocycles. The lowest BCUT2D eigenvalue weighted by molar-refractivity contribution is -0.274. The van der Waals surface area contributed by atoms with Gasteiger partial charge < -0.3 is 14.5 Å². The van der Waals surface area contributed by atoms with E-state index in [4.69, 9.17) is 4.42 Å². The highest BCUT2D eigenvalue weighted by atomic mass is 32.2. The Morgan fingerprint density at radius 2 is 1.85 bits per heavy atom. The molecule has 3 rings (SSSR count). The molecule has 7 nitrogen and oxygen atoms in total. The molecule has 0 amide bonds. The largest absolute Gasteiger partial charge is 0.573 e. The van der Waals surface area contributed by atoms with E-state index in [0.717, 1.165) is 0 Å². The number of ether oxygens (including phenoxy) is 1. The number of nitrogens with zero attached hydrogens (tertiary/aromatic N) is 4. The highest BCUT2D eigenvalue weighted by molar-refractivity contribution is 8.00. The summed E-state index contributed by atoms with van der Waals surface area (Å²) in [6, 6.07) is 5.35. The van der Waals surface area contributed by atoms with Crippen LogP contribution in [0.15, 0.2) is 33.0 Å². The van der Waals surface area contributed by atoms with Gasteiger partial charge in [-0.3, -0.25) is 0 Å². The summed E-state index contributed by atoms with van der Waals surface area (Å²) >= 11 is 2.70. The van der Waals surface area contributed by atoms with Crippen LogP contribution in [0.25, 0.3) is 0 Å². The topological polar surface area (TPSA) is 86.0 Å². The first kappa shape index (κ1) is 18.5. The number of aromatic nitrogens is 4. The van der Waals surface area contributed by atoms with Gasteiger partial charge in [0.1, 0.15) is 5.75 Å². The van der Waals surface area contributed by atoms with Gasteiger partial charge in [-0.15, -0.1) is 33.6 Å². The molecule has 0 saturated heterocycles. The van der Waals surface area contributed by atoms with E-state index in [-0.39, 0.29) is 5.75 Å². The molecule has 0 fully saturated rings. The molecule has 3 aromatic rings. The van der Waals surface area contributed by atoms with Gasteiger partial charge in [0.05, 0.1) is 5.75 Å². The lowest BCUT2D eigenvalue weighted by Crippen LogP contribution is -2.16. The fraction of sp³-hybridized carbons (Fsp3) is 0.286. The predicted molar refractivity (Wildman–Crippen MR) is 89.6 cm³/mol. The number of anilines is 2. The van der Waals surface area contributed by atoms with Crippen LogP contribution in [0.3, 0.4) is 0 Å². The number of nitrogens with one attached hydrogen (secondary N) is 1. The van der Waals surface area contributed by atoms with Crippen molar-refractivity contribution in [2.45, 2.75) is 29.8 Å². The second-order valence-corrected chi connectivity index (χ2v) is 7.00. The Bertz CT molecular complexity index is 851. The molecule has 0 aliphatic rings. The van der Waals surface area contributed by atoms with Crippen molar-refractivity contribution in [3.05, 3.63) is 36.0 Å². The number of rotatable bonds is 7. The first-order valence-corrected chi connectivity index (χ1v) is 9.12. The van der Waals surface area contributed by atoms with Crippen LogP contribution < -0.4 is 10.1 Å². The zero-order valence-electron chi connectivity index (χ0n) is 13.3. The van der Waals surface area contributed by atoms with Gasteiger partial charge in [-0.1, -0.05) is 30.0 Å². The van der Waals surface area contributed by atoms with Crippen molar-refractivity contribution >= 4 is 33.9 Å². The number of aryl methyl sites for hydroxylation is 1.